The molecule has 0 radical (unpaired) electrons. The zero-order valence-electron chi connectivity index (χ0n) is 14.7. The number of nitrogens with zero attached hydrogens (tertiary/aromatic N) is 1. The van der Waals surface area contributed by atoms with Crippen molar-refractivity contribution in [1.29, 1.82) is 0 Å². The molecule has 6 nitrogen and oxygen atoms in total. The summed E-state index contributed by atoms with van der Waals surface area (Å²) < 4.78 is 0. The Morgan fingerprint density at radius 2 is 1.46 bits per heavy atom. The maximum Gasteiger partial charge on any atom is 0.254 e. The molecule has 0 fully saturated rings. The largest absolute Gasteiger partial charge is 0.380 e. The van der Waals surface area contributed by atoms with Crippen molar-refractivity contribution in [2.45, 2.75) is 32.2 Å². The molecule has 26 heavy (non-hydrogen) atoms. The first kappa shape index (κ1) is 19.6. The van der Waals surface area contributed by atoms with Gasteiger partial charge >= 0.3 is 0 Å². The lowest BCUT2D eigenvalue weighted by Crippen LogP contribution is -2.50. The van der Waals surface area contributed by atoms with Gasteiger partial charge in [0.05, 0.1) is 0 Å². The van der Waals surface area contributed by atoms with Gasteiger partial charge in [-0.25, -0.2) is 0 Å². The van der Waals surface area contributed by atoms with E-state index in [-0.39, 0.29) is 6.54 Å². The number of aliphatic hydroxyl groups excluding tert-OH is 2. The Labute approximate surface area is 153 Å². The molecule has 0 bridgehead atoms. The van der Waals surface area contributed by atoms with Crippen LogP contribution in [0.4, 0.5) is 0 Å². The molecular formula is C20H24N2O4. The quantitative estimate of drug-likeness (QED) is 0.660. The number of carbonyl (C=O) groups excluding carboxylic acids is 2. The smallest absolute Gasteiger partial charge is 0.254 e. The van der Waals surface area contributed by atoms with Crippen molar-refractivity contribution in [3.63, 3.8) is 0 Å². The first-order valence-electron chi connectivity index (χ1n) is 8.53. The van der Waals surface area contributed by atoms with Crippen LogP contribution in [0.2, 0.25) is 0 Å². The molecule has 2 unspecified atom stereocenters. The SMILES string of the molecule is CCN(Cc1ccccc1)C(=O)C(O)C(O)C(=O)NCc1ccccc1. The number of hydrogen-bond donors (Lipinski definition) is 3. The Balaban J connectivity index is 1.93. The van der Waals surface area contributed by atoms with Crippen LogP contribution in [0, 0.1) is 0 Å². The first-order chi connectivity index (χ1) is 12.5. The lowest BCUT2D eigenvalue weighted by Gasteiger charge is -2.26. The fraction of sp³-hybridized carbons (Fsp3) is 0.300. The number of hydrogen-bond acceptors (Lipinski definition) is 4. The van der Waals surface area contributed by atoms with Crippen LogP contribution < -0.4 is 5.32 Å². The Hall–Kier alpha value is -2.70. The summed E-state index contributed by atoms with van der Waals surface area (Å²) in [5, 5.41) is 22.7. The molecule has 0 spiro atoms. The van der Waals surface area contributed by atoms with E-state index >= 15 is 0 Å². The highest BCUT2D eigenvalue weighted by molar-refractivity contribution is 5.90. The Kier molecular flexibility index (Phi) is 7.32. The van der Waals surface area contributed by atoms with Crippen LogP contribution in [-0.4, -0.2) is 45.7 Å². The molecule has 2 aromatic rings. The summed E-state index contributed by atoms with van der Waals surface area (Å²) in [6, 6.07) is 18.5. The molecular weight excluding hydrogens is 332 g/mol. The van der Waals surface area contributed by atoms with E-state index in [0.717, 1.165) is 11.1 Å². The number of rotatable bonds is 8. The molecule has 0 aliphatic heterocycles. The van der Waals surface area contributed by atoms with E-state index in [1.54, 1.807) is 6.92 Å². The zero-order valence-corrected chi connectivity index (χ0v) is 14.7. The van der Waals surface area contributed by atoms with Gasteiger partial charge < -0.3 is 20.4 Å². The van der Waals surface area contributed by atoms with Gasteiger partial charge in [-0.2, -0.15) is 0 Å². The number of amides is 2. The summed E-state index contributed by atoms with van der Waals surface area (Å²) in [5.41, 5.74) is 1.76. The van der Waals surface area contributed by atoms with Gasteiger partial charge in [0.2, 0.25) is 0 Å². The van der Waals surface area contributed by atoms with Crippen LogP contribution in [0.5, 0.6) is 0 Å². The Bertz CT molecular complexity index is 706. The minimum atomic E-state index is -1.82. The predicted molar refractivity (Wildman–Crippen MR) is 97.8 cm³/mol. The van der Waals surface area contributed by atoms with Gasteiger partial charge in [0.25, 0.3) is 11.8 Å². The number of nitrogens with one attached hydrogen (secondary N) is 1. The zero-order chi connectivity index (χ0) is 18.9. The summed E-state index contributed by atoms with van der Waals surface area (Å²) in [6.07, 6.45) is -3.63. The fourth-order valence-electron chi connectivity index (χ4n) is 2.50. The van der Waals surface area contributed by atoms with E-state index in [0.29, 0.717) is 13.1 Å². The van der Waals surface area contributed by atoms with Crippen LogP contribution in [0.3, 0.4) is 0 Å². The Morgan fingerprint density at radius 3 is 2.00 bits per heavy atom. The summed E-state index contributed by atoms with van der Waals surface area (Å²) in [4.78, 5) is 25.9. The maximum absolute atomic E-state index is 12.4. The van der Waals surface area contributed by atoms with E-state index in [9.17, 15) is 19.8 Å². The fourth-order valence-corrected chi connectivity index (χ4v) is 2.50. The van der Waals surface area contributed by atoms with Gasteiger partial charge in [0.1, 0.15) is 0 Å². The van der Waals surface area contributed by atoms with Crippen molar-refractivity contribution in [2.75, 3.05) is 6.54 Å². The van der Waals surface area contributed by atoms with Crippen LogP contribution >= 0.6 is 0 Å². The summed E-state index contributed by atoms with van der Waals surface area (Å²) in [5.74, 6) is -1.47. The van der Waals surface area contributed by atoms with Crippen molar-refractivity contribution in [2.24, 2.45) is 0 Å². The van der Waals surface area contributed by atoms with Crippen molar-refractivity contribution in [1.82, 2.24) is 10.2 Å². The minimum absolute atomic E-state index is 0.207. The maximum atomic E-state index is 12.4. The lowest BCUT2D eigenvalue weighted by atomic mass is 10.1. The summed E-state index contributed by atoms with van der Waals surface area (Å²) in [6.45, 7) is 2.63. The van der Waals surface area contributed by atoms with Crippen LogP contribution in [0.1, 0.15) is 18.1 Å². The summed E-state index contributed by atoms with van der Waals surface area (Å²) >= 11 is 0. The van der Waals surface area contributed by atoms with Gasteiger partial charge in [0, 0.05) is 19.6 Å². The molecule has 0 aliphatic rings. The molecule has 0 aliphatic carbocycles. The highest BCUT2D eigenvalue weighted by atomic mass is 16.3. The van der Waals surface area contributed by atoms with E-state index < -0.39 is 24.0 Å². The van der Waals surface area contributed by atoms with E-state index in [1.165, 1.54) is 4.90 Å². The van der Waals surface area contributed by atoms with Gasteiger partial charge in [-0.15, -0.1) is 0 Å². The lowest BCUT2D eigenvalue weighted by molar-refractivity contribution is -0.153. The summed E-state index contributed by atoms with van der Waals surface area (Å²) in [7, 11) is 0. The number of aliphatic hydroxyl groups is 2. The molecule has 0 saturated heterocycles. The molecule has 2 atom stereocenters. The molecule has 6 heteroatoms. The second-order valence-corrected chi connectivity index (χ2v) is 5.93. The highest BCUT2D eigenvalue weighted by Crippen LogP contribution is 2.08. The molecule has 0 saturated carbocycles. The van der Waals surface area contributed by atoms with Crippen LogP contribution in [-0.2, 0) is 22.7 Å². The monoisotopic (exact) mass is 356 g/mol. The van der Waals surface area contributed by atoms with Gasteiger partial charge in [-0.3, -0.25) is 9.59 Å². The van der Waals surface area contributed by atoms with E-state index in [2.05, 4.69) is 5.32 Å². The van der Waals surface area contributed by atoms with Crippen molar-refractivity contribution >= 4 is 11.8 Å². The molecule has 2 aromatic carbocycles. The first-order valence-corrected chi connectivity index (χ1v) is 8.53. The van der Waals surface area contributed by atoms with Gasteiger partial charge in [0.15, 0.2) is 12.2 Å². The van der Waals surface area contributed by atoms with E-state index in [1.807, 2.05) is 60.7 Å². The number of likely N-dealkylation sites (N-methyl/N-ethyl adjacent to an activating group) is 1. The molecule has 0 heterocycles. The molecule has 2 amide bonds. The number of carbonyl (C=O) groups is 2. The average Bonchev–Trinajstić information content (AvgIpc) is 2.70. The molecule has 138 valence electrons. The second kappa shape index (κ2) is 9.70. The number of benzene rings is 2. The third-order valence-electron chi connectivity index (χ3n) is 4.04. The van der Waals surface area contributed by atoms with Crippen molar-refractivity contribution < 1.29 is 19.8 Å². The van der Waals surface area contributed by atoms with E-state index in [4.69, 9.17) is 0 Å². The highest BCUT2D eigenvalue weighted by Gasteiger charge is 2.32. The topological polar surface area (TPSA) is 89.9 Å². The molecule has 0 aromatic heterocycles. The van der Waals surface area contributed by atoms with Crippen LogP contribution in [0.15, 0.2) is 60.7 Å². The molecule has 3 N–H and O–H groups in total. The van der Waals surface area contributed by atoms with Crippen LogP contribution in [0.25, 0.3) is 0 Å². The normalized spacial score (nSPS) is 12.9. The minimum Gasteiger partial charge on any atom is -0.380 e. The van der Waals surface area contributed by atoms with Crippen molar-refractivity contribution in [3.05, 3.63) is 71.8 Å². The van der Waals surface area contributed by atoms with Gasteiger partial charge in [-0.05, 0) is 18.1 Å². The molecule has 2 rings (SSSR count). The third kappa shape index (κ3) is 5.40. The second-order valence-electron chi connectivity index (χ2n) is 5.93. The predicted octanol–water partition coefficient (Wildman–Crippen LogP) is 1.07. The Morgan fingerprint density at radius 1 is 0.923 bits per heavy atom. The average molecular weight is 356 g/mol. The van der Waals surface area contributed by atoms with Crippen molar-refractivity contribution in [3.8, 4) is 0 Å². The standard InChI is InChI=1S/C20H24N2O4/c1-2-22(14-16-11-7-4-8-12-16)20(26)18(24)17(23)19(25)21-13-15-9-5-3-6-10-15/h3-12,17-18,23-24H,2,13-14H2,1H3,(H,21,25). The van der Waals surface area contributed by atoms with Gasteiger partial charge in [-0.1, -0.05) is 60.7 Å². The third-order valence-corrected chi connectivity index (χ3v) is 4.04.